The molecule has 166 valence electrons. The van der Waals surface area contributed by atoms with Gasteiger partial charge in [0.2, 0.25) is 0 Å². The highest BCUT2D eigenvalue weighted by molar-refractivity contribution is 5.96. The summed E-state index contributed by atoms with van der Waals surface area (Å²) in [6.07, 6.45) is 2.24. The summed E-state index contributed by atoms with van der Waals surface area (Å²) >= 11 is 0. The van der Waals surface area contributed by atoms with Crippen molar-refractivity contribution in [2.75, 3.05) is 52.5 Å². The lowest BCUT2D eigenvalue weighted by molar-refractivity contribution is 0.0670. The lowest BCUT2D eigenvalue weighted by atomic mass is 10.2. The van der Waals surface area contributed by atoms with Crippen LogP contribution in [0.15, 0.2) is 54.6 Å². The Hall–Kier alpha value is -2.41. The molecule has 2 aromatic carbocycles. The van der Waals surface area contributed by atoms with Gasteiger partial charge in [-0.25, -0.2) is 0 Å². The minimum Gasteiger partial charge on any atom is -0.490 e. The minimum atomic E-state index is -0.0781. The Morgan fingerprint density at radius 3 is 2.52 bits per heavy atom. The third kappa shape index (κ3) is 6.53. The molecular weight excluding hydrogens is 390 g/mol. The Labute approximate surface area is 185 Å². The van der Waals surface area contributed by atoms with Crippen LogP contribution in [0.2, 0.25) is 0 Å². The van der Waals surface area contributed by atoms with E-state index in [9.17, 15) is 4.79 Å². The van der Waals surface area contributed by atoms with E-state index >= 15 is 0 Å². The fourth-order valence-electron chi connectivity index (χ4n) is 4.17. The van der Waals surface area contributed by atoms with Crippen LogP contribution in [0, 0.1) is 0 Å². The number of para-hydroxylation sites is 1. The highest BCUT2D eigenvalue weighted by atomic mass is 16.5. The van der Waals surface area contributed by atoms with Crippen molar-refractivity contribution in [3.63, 3.8) is 0 Å². The van der Waals surface area contributed by atoms with Gasteiger partial charge in [-0.05, 0) is 30.5 Å². The first-order chi connectivity index (χ1) is 15.3. The smallest absolute Gasteiger partial charge is 0.255 e. The van der Waals surface area contributed by atoms with Crippen LogP contribution in [0.3, 0.4) is 0 Å². The van der Waals surface area contributed by atoms with Crippen molar-refractivity contribution in [2.45, 2.75) is 25.5 Å². The Balaban J connectivity index is 1.18. The molecule has 2 fully saturated rings. The number of benzene rings is 2. The Bertz CT molecular complexity index is 816. The molecule has 6 heteroatoms. The summed E-state index contributed by atoms with van der Waals surface area (Å²) in [4.78, 5) is 17.6. The number of rotatable bonds is 9. The largest absolute Gasteiger partial charge is 0.490 e. The number of carbonyl (C=O) groups excluding carboxylic acids is 1. The van der Waals surface area contributed by atoms with Gasteiger partial charge in [-0.2, -0.15) is 0 Å². The van der Waals surface area contributed by atoms with Gasteiger partial charge in [-0.15, -0.1) is 0 Å². The van der Waals surface area contributed by atoms with E-state index < -0.39 is 0 Å². The third-order valence-corrected chi connectivity index (χ3v) is 6.01. The summed E-state index contributed by atoms with van der Waals surface area (Å²) in [7, 11) is 0. The summed E-state index contributed by atoms with van der Waals surface area (Å²) in [5.74, 6) is 0.552. The molecule has 0 radical (unpaired) electrons. The number of nitrogens with one attached hydrogen (secondary N) is 1. The predicted molar refractivity (Wildman–Crippen MR) is 121 cm³/mol. The second kappa shape index (κ2) is 11.3. The molecule has 0 aliphatic carbocycles. The van der Waals surface area contributed by atoms with E-state index in [1.165, 1.54) is 5.56 Å². The highest BCUT2D eigenvalue weighted by Crippen LogP contribution is 2.20. The maximum absolute atomic E-state index is 12.7. The van der Waals surface area contributed by atoms with Crippen molar-refractivity contribution in [1.29, 1.82) is 0 Å². The topological polar surface area (TPSA) is 54.0 Å². The molecule has 2 aliphatic heterocycles. The number of carbonyl (C=O) groups is 1. The van der Waals surface area contributed by atoms with Crippen LogP contribution in [-0.2, 0) is 11.3 Å². The molecule has 1 N–H and O–H groups in total. The van der Waals surface area contributed by atoms with E-state index in [0.29, 0.717) is 24.5 Å². The lowest BCUT2D eigenvalue weighted by Gasteiger charge is -2.34. The molecule has 4 rings (SSSR count). The average molecular weight is 424 g/mol. The fourth-order valence-corrected chi connectivity index (χ4v) is 4.17. The van der Waals surface area contributed by atoms with Crippen molar-refractivity contribution in [1.82, 2.24) is 15.1 Å². The Kier molecular flexibility index (Phi) is 7.93. The molecule has 6 nitrogen and oxygen atoms in total. The molecule has 2 heterocycles. The van der Waals surface area contributed by atoms with Gasteiger partial charge < -0.3 is 14.8 Å². The predicted octanol–water partition coefficient (Wildman–Crippen LogP) is 2.79. The van der Waals surface area contributed by atoms with Gasteiger partial charge in [0.25, 0.3) is 5.91 Å². The zero-order valence-electron chi connectivity index (χ0n) is 18.2. The van der Waals surface area contributed by atoms with Gasteiger partial charge >= 0.3 is 0 Å². The molecule has 2 aromatic rings. The molecule has 31 heavy (non-hydrogen) atoms. The first-order valence-electron chi connectivity index (χ1n) is 11.4. The van der Waals surface area contributed by atoms with Crippen molar-refractivity contribution < 1.29 is 14.3 Å². The van der Waals surface area contributed by atoms with Crippen LogP contribution < -0.4 is 10.1 Å². The maximum Gasteiger partial charge on any atom is 0.255 e. The normalized spacial score (nSPS) is 19.9. The summed E-state index contributed by atoms with van der Waals surface area (Å²) in [6.45, 7) is 7.99. The van der Waals surface area contributed by atoms with E-state index in [2.05, 4.69) is 45.4 Å². The summed E-state index contributed by atoms with van der Waals surface area (Å²) in [6, 6.07) is 18.1. The number of hydrogen-bond acceptors (Lipinski definition) is 5. The SMILES string of the molecule is O=C(NCCN1CCN(Cc2ccccc2)CC1)c1ccccc1OCC1CCCO1. The monoisotopic (exact) mass is 423 g/mol. The van der Waals surface area contributed by atoms with Gasteiger partial charge in [-0.1, -0.05) is 42.5 Å². The van der Waals surface area contributed by atoms with Crippen LogP contribution in [0.25, 0.3) is 0 Å². The molecule has 1 atom stereocenters. The number of ether oxygens (including phenoxy) is 2. The molecule has 1 amide bonds. The Morgan fingerprint density at radius 1 is 1.00 bits per heavy atom. The first kappa shape index (κ1) is 21.8. The van der Waals surface area contributed by atoms with Crippen molar-refractivity contribution >= 4 is 5.91 Å². The molecule has 2 aliphatic rings. The van der Waals surface area contributed by atoms with E-state index in [0.717, 1.165) is 58.7 Å². The number of piperazine rings is 1. The summed E-state index contributed by atoms with van der Waals surface area (Å²) in [5.41, 5.74) is 1.96. The first-order valence-corrected chi connectivity index (χ1v) is 11.4. The quantitative estimate of drug-likeness (QED) is 0.672. The van der Waals surface area contributed by atoms with Gasteiger partial charge in [-0.3, -0.25) is 14.6 Å². The number of hydrogen-bond donors (Lipinski definition) is 1. The van der Waals surface area contributed by atoms with E-state index in [1.54, 1.807) is 0 Å². The average Bonchev–Trinajstić information content (AvgIpc) is 3.33. The number of nitrogens with zero attached hydrogens (tertiary/aromatic N) is 2. The highest BCUT2D eigenvalue weighted by Gasteiger charge is 2.19. The second-order valence-electron chi connectivity index (χ2n) is 8.30. The Morgan fingerprint density at radius 2 is 1.74 bits per heavy atom. The molecule has 0 bridgehead atoms. The molecule has 0 aromatic heterocycles. The van der Waals surface area contributed by atoms with Crippen LogP contribution in [0.1, 0.15) is 28.8 Å². The maximum atomic E-state index is 12.7. The minimum absolute atomic E-state index is 0.0781. The van der Waals surface area contributed by atoms with Gasteiger partial charge in [0.05, 0.1) is 11.7 Å². The molecule has 2 saturated heterocycles. The van der Waals surface area contributed by atoms with Crippen LogP contribution in [0.5, 0.6) is 5.75 Å². The van der Waals surface area contributed by atoms with Crippen molar-refractivity contribution in [2.24, 2.45) is 0 Å². The van der Waals surface area contributed by atoms with E-state index in [1.807, 2.05) is 24.3 Å². The molecule has 0 spiro atoms. The van der Waals surface area contributed by atoms with E-state index in [-0.39, 0.29) is 12.0 Å². The van der Waals surface area contributed by atoms with Crippen molar-refractivity contribution in [3.8, 4) is 5.75 Å². The van der Waals surface area contributed by atoms with Crippen LogP contribution in [-0.4, -0.2) is 74.3 Å². The summed E-state index contributed by atoms with van der Waals surface area (Å²) < 4.78 is 11.5. The molecule has 0 saturated carbocycles. The second-order valence-corrected chi connectivity index (χ2v) is 8.30. The van der Waals surface area contributed by atoms with Crippen molar-refractivity contribution in [3.05, 3.63) is 65.7 Å². The number of amides is 1. The van der Waals surface area contributed by atoms with E-state index in [4.69, 9.17) is 9.47 Å². The lowest BCUT2D eigenvalue weighted by Crippen LogP contribution is -2.48. The summed E-state index contributed by atoms with van der Waals surface area (Å²) in [5, 5.41) is 3.06. The van der Waals surface area contributed by atoms with Gasteiger partial charge in [0, 0.05) is 52.4 Å². The fraction of sp³-hybridized carbons (Fsp3) is 0.480. The standard InChI is InChI=1S/C25H33N3O3/c29-25(23-10-4-5-11-24(23)31-20-22-9-6-18-30-22)26-12-13-27-14-16-28(17-15-27)19-21-7-2-1-3-8-21/h1-5,7-8,10-11,22H,6,9,12-20H2,(H,26,29). The van der Waals surface area contributed by atoms with Crippen LogP contribution in [0.4, 0.5) is 0 Å². The third-order valence-electron chi connectivity index (χ3n) is 6.01. The molecular formula is C25H33N3O3. The zero-order chi connectivity index (χ0) is 21.3. The molecule has 1 unspecified atom stereocenters. The zero-order valence-corrected chi connectivity index (χ0v) is 18.2. The van der Waals surface area contributed by atoms with Gasteiger partial charge in [0.1, 0.15) is 12.4 Å². The van der Waals surface area contributed by atoms with Gasteiger partial charge in [0.15, 0.2) is 0 Å². The van der Waals surface area contributed by atoms with Crippen LogP contribution >= 0.6 is 0 Å².